The Labute approximate surface area is 185 Å². The Morgan fingerprint density at radius 2 is 1.77 bits per heavy atom. The second-order valence-corrected chi connectivity index (χ2v) is 9.37. The van der Waals surface area contributed by atoms with Crippen molar-refractivity contribution in [1.29, 1.82) is 0 Å². The van der Waals surface area contributed by atoms with Gasteiger partial charge in [-0.05, 0) is 45.1 Å². The van der Waals surface area contributed by atoms with E-state index in [4.69, 9.17) is 16.3 Å². The predicted octanol–water partition coefficient (Wildman–Crippen LogP) is 4.83. The fourth-order valence-electron chi connectivity index (χ4n) is 5.29. The molecule has 0 radical (unpaired) electrons. The summed E-state index contributed by atoms with van der Waals surface area (Å²) in [5.41, 5.74) is 1.79. The first-order chi connectivity index (χ1) is 14.8. The maximum atomic E-state index is 12.9. The van der Waals surface area contributed by atoms with E-state index >= 15 is 0 Å². The van der Waals surface area contributed by atoms with Crippen LogP contribution >= 0.6 is 11.6 Å². The molecule has 1 saturated carbocycles. The van der Waals surface area contributed by atoms with Crippen LogP contribution < -0.4 is 5.69 Å². The van der Waals surface area contributed by atoms with E-state index in [0.717, 1.165) is 36.8 Å². The molecule has 3 aromatic rings. The number of fused-ring (bicyclic) bond motifs is 1. The zero-order valence-corrected chi connectivity index (χ0v) is 18.3. The third-order valence-corrected chi connectivity index (χ3v) is 6.81. The molecule has 1 aromatic carbocycles. The van der Waals surface area contributed by atoms with Crippen LogP contribution in [0.15, 0.2) is 47.4 Å². The third-order valence-electron chi connectivity index (χ3n) is 6.61. The fourth-order valence-corrected chi connectivity index (χ4v) is 5.44. The molecule has 1 aliphatic heterocycles. The topological polar surface area (TPSA) is 80.2 Å². The van der Waals surface area contributed by atoms with Gasteiger partial charge in [-0.1, -0.05) is 41.9 Å². The molecule has 5 rings (SSSR count). The number of carbonyl (C=O) groups is 1. The second kappa shape index (κ2) is 7.41. The lowest BCUT2D eigenvalue weighted by molar-refractivity contribution is 0.0662. The van der Waals surface area contributed by atoms with Crippen molar-refractivity contribution in [1.82, 2.24) is 19.4 Å². The first-order valence-electron chi connectivity index (χ1n) is 10.7. The maximum absolute atomic E-state index is 12.9. The van der Waals surface area contributed by atoms with E-state index in [1.54, 1.807) is 16.8 Å². The van der Waals surface area contributed by atoms with Crippen molar-refractivity contribution in [3.05, 3.63) is 63.8 Å². The molecule has 7 nitrogen and oxygen atoms in total. The van der Waals surface area contributed by atoms with Crippen LogP contribution in [0.2, 0.25) is 5.15 Å². The standard InChI is InChI=1S/C23H25ClN4O3/c1-23(2)20(14-6-4-3-5-7-14)28(22(30)31-23)16-10-8-15(9-11-16)27-18-12-19(24)25-13-17(18)26-21(27)29/h3-7,12-13,15-16,20H,8-11H2,1-2H3,(H,26,29). The quantitative estimate of drug-likeness (QED) is 0.591. The first-order valence-corrected chi connectivity index (χ1v) is 11.0. The van der Waals surface area contributed by atoms with E-state index in [-0.39, 0.29) is 29.9 Å². The highest BCUT2D eigenvalue weighted by Crippen LogP contribution is 2.45. The van der Waals surface area contributed by atoms with Gasteiger partial charge in [0.25, 0.3) is 0 Å². The summed E-state index contributed by atoms with van der Waals surface area (Å²) < 4.78 is 7.57. The number of imidazole rings is 1. The van der Waals surface area contributed by atoms with Gasteiger partial charge in [0, 0.05) is 18.2 Å². The van der Waals surface area contributed by atoms with Crippen LogP contribution in [0.3, 0.4) is 0 Å². The molecule has 31 heavy (non-hydrogen) atoms. The molecule has 162 valence electrons. The van der Waals surface area contributed by atoms with Crippen LogP contribution in [0.4, 0.5) is 4.79 Å². The number of nitrogens with one attached hydrogen (secondary N) is 1. The number of rotatable bonds is 3. The van der Waals surface area contributed by atoms with Crippen molar-refractivity contribution < 1.29 is 9.53 Å². The van der Waals surface area contributed by atoms with Crippen molar-refractivity contribution >= 4 is 28.7 Å². The van der Waals surface area contributed by atoms with Crippen molar-refractivity contribution in [3.8, 4) is 0 Å². The van der Waals surface area contributed by atoms with E-state index in [9.17, 15) is 9.59 Å². The Hall–Kier alpha value is -2.80. The van der Waals surface area contributed by atoms with Crippen LogP contribution in [0, 0.1) is 0 Å². The molecule has 2 fully saturated rings. The summed E-state index contributed by atoms with van der Waals surface area (Å²) in [5, 5.41) is 0.363. The third kappa shape index (κ3) is 3.41. The Morgan fingerprint density at radius 1 is 1.10 bits per heavy atom. The maximum Gasteiger partial charge on any atom is 0.411 e. The van der Waals surface area contributed by atoms with Gasteiger partial charge in [0.15, 0.2) is 0 Å². The minimum absolute atomic E-state index is 0.0535. The fraction of sp³-hybridized carbons (Fsp3) is 0.435. The molecule has 2 aromatic heterocycles. The lowest BCUT2D eigenvalue weighted by Crippen LogP contribution is -2.43. The first kappa shape index (κ1) is 20.1. The van der Waals surface area contributed by atoms with Gasteiger partial charge in [-0.25, -0.2) is 14.6 Å². The van der Waals surface area contributed by atoms with Crippen LogP contribution in [0.5, 0.6) is 0 Å². The van der Waals surface area contributed by atoms with Crippen LogP contribution in [0.25, 0.3) is 11.0 Å². The van der Waals surface area contributed by atoms with E-state index in [2.05, 4.69) is 22.1 Å². The molecule has 1 N–H and O–H groups in total. The minimum atomic E-state index is -0.604. The minimum Gasteiger partial charge on any atom is -0.441 e. The van der Waals surface area contributed by atoms with Gasteiger partial charge in [-0.15, -0.1) is 0 Å². The number of ether oxygens (including phenoxy) is 1. The summed E-state index contributed by atoms with van der Waals surface area (Å²) in [4.78, 5) is 34.3. The number of nitrogens with zero attached hydrogens (tertiary/aromatic N) is 3. The largest absolute Gasteiger partial charge is 0.441 e. The Kier molecular flexibility index (Phi) is 4.81. The number of aromatic amines is 1. The van der Waals surface area contributed by atoms with Crippen LogP contribution in [0.1, 0.15) is 57.2 Å². The normalized spacial score (nSPS) is 25.7. The molecule has 0 spiro atoms. The predicted molar refractivity (Wildman–Crippen MR) is 118 cm³/mol. The van der Waals surface area contributed by atoms with Crippen LogP contribution in [-0.2, 0) is 4.74 Å². The summed E-state index contributed by atoms with van der Waals surface area (Å²) >= 11 is 6.07. The monoisotopic (exact) mass is 440 g/mol. The average Bonchev–Trinajstić information content (AvgIpc) is 3.19. The molecule has 3 heterocycles. The Balaban J connectivity index is 1.40. The zero-order valence-electron chi connectivity index (χ0n) is 17.5. The van der Waals surface area contributed by atoms with Gasteiger partial charge in [0.2, 0.25) is 0 Å². The second-order valence-electron chi connectivity index (χ2n) is 8.98. The number of amides is 1. The van der Waals surface area contributed by atoms with E-state index in [1.165, 1.54) is 0 Å². The number of H-pyrrole nitrogens is 1. The number of cyclic esters (lactones) is 1. The molecule has 8 heteroatoms. The number of halogens is 1. The van der Waals surface area contributed by atoms with Gasteiger partial charge in [-0.2, -0.15) is 0 Å². The number of hydrogen-bond acceptors (Lipinski definition) is 4. The van der Waals surface area contributed by atoms with E-state index in [0.29, 0.717) is 10.7 Å². The van der Waals surface area contributed by atoms with Gasteiger partial charge >= 0.3 is 11.8 Å². The number of carbonyl (C=O) groups excluding carboxylic acids is 1. The molecule has 0 bridgehead atoms. The van der Waals surface area contributed by atoms with Crippen molar-refractivity contribution in [2.75, 3.05) is 0 Å². The van der Waals surface area contributed by atoms with Gasteiger partial charge in [0.05, 0.1) is 23.3 Å². The number of benzene rings is 1. The summed E-state index contributed by atoms with van der Waals surface area (Å²) in [6, 6.07) is 11.8. The highest BCUT2D eigenvalue weighted by Gasteiger charge is 2.51. The van der Waals surface area contributed by atoms with Crippen LogP contribution in [-0.4, -0.2) is 37.2 Å². The lowest BCUT2D eigenvalue weighted by Gasteiger charge is -2.38. The number of pyridine rings is 1. The molecular weight excluding hydrogens is 416 g/mol. The van der Waals surface area contributed by atoms with E-state index < -0.39 is 5.60 Å². The smallest absolute Gasteiger partial charge is 0.411 e. The molecule has 2 aliphatic rings. The number of hydrogen-bond donors (Lipinski definition) is 1. The molecule has 1 amide bonds. The van der Waals surface area contributed by atoms with Crippen molar-refractivity contribution in [2.24, 2.45) is 0 Å². The summed E-state index contributed by atoms with van der Waals surface area (Å²) in [7, 11) is 0. The Morgan fingerprint density at radius 3 is 2.48 bits per heavy atom. The molecular formula is C23H25ClN4O3. The molecule has 1 aliphatic carbocycles. The highest BCUT2D eigenvalue weighted by molar-refractivity contribution is 6.29. The molecule has 1 saturated heterocycles. The summed E-state index contributed by atoms with van der Waals surface area (Å²) in [6.45, 7) is 3.94. The van der Waals surface area contributed by atoms with E-state index in [1.807, 2.05) is 36.9 Å². The van der Waals surface area contributed by atoms with Gasteiger partial charge in [-0.3, -0.25) is 9.47 Å². The number of aromatic nitrogens is 3. The average molecular weight is 441 g/mol. The van der Waals surface area contributed by atoms with Crippen molar-refractivity contribution in [2.45, 2.75) is 63.3 Å². The molecule has 1 atom stereocenters. The summed E-state index contributed by atoms with van der Waals surface area (Å²) in [5.74, 6) is 0. The van der Waals surface area contributed by atoms with Crippen molar-refractivity contribution in [3.63, 3.8) is 0 Å². The zero-order chi connectivity index (χ0) is 21.8. The van der Waals surface area contributed by atoms with Gasteiger partial charge in [0.1, 0.15) is 10.8 Å². The molecule has 1 unspecified atom stereocenters. The SMILES string of the molecule is CC1(C)OC(=O)N(C2CCC(n3c(=O)[nH]c4cnc(Cl)cc43)CC2)C1c1ccccc1. The van der Waals surface area contributed by atoms with Gasteiger partial charge < -0.3 is 9.72 Å². The highest BCUT2D eigenvalue weighted by atomic mass is 35.5. The Bertz CT molecular complexity index is 1180. The lowest BCUT2D eigenvalue weighted by atomic mass is 9.86. The summed E-state index contributed by atoms with van der Waals surface area (Å²) in [6.07, 6.45) is 4.53.